The van der Waals surface area contributed by atoms with E-state index in [4.69, 9.17) is 0 Å². The Morgan fingerprint density at radius 1 is 0.885 bits per heavy atom. The number of aryl methyl sites for hydroxylation is 1. The van der Waals surface area contributed by atoms with Crippen molar-refractivity contribution in [2.24, 2.45) is 0 Å². The number of halogens is 3. The molecule has 0 bridgehead atoms. The molecule has 0 spiro atoms. The van der Waals surface area contributed by atoms with Crippen LogP contribution in [0.25, 0.3) is 0 Å². The fraction of sp³-hybridized carbons (Fsp3) is 0.263. The quantitative estimate of drug-likeness (QED) is 0.605. The van der Waals surface area contributed by atoms with Crippen LogP contribution in [0.3, 0.4) is 0 Å². The zero-order valence-electron chi connectivity index (χ0n) is 14.0. The molecule has 2 rings (SSSR count). The van der Waals surface area contributed by atoms with Crippen LogP contribution in [0.1, 0.15) is 24.0 Å². The molecule has 7 heteroatoms. The summed E-state index contributed by atoms with van der Waals surface area (Å²) in [4.78, 5) is 23.5. The van der Waals surface area contributed by atoms with Gasteiger partial charge in [-0.25, -0.2) is 0 Å². The molecule has 2 aromatic rings. The Labute approximate surface area is 149 Å². The molecule has 0 aliphatic rings. The van der Waals surface area contributed by atoms with Gasteiger partial charge in [-0.3, -0.25) is 9.59 Å². The first-order valence-electron chi connectivity index (χ1n) is 8.16. The zero-order valence-corrected chi connectivity index (χ0v) is 14.0. The molecule has 0 heterocycles. The van der Waals surface area contributed by atoms with Gasteiger partial charge in [-0.1, -0.05) is 36.4 Å². The Morgan fingerprint density at radius 3 is 2.31 bits per heavy atom. The second-order valence-corrected chi connectivity index (χ2v) is 5.73. The van der Waals surface area contributed by atoms with Gasteiger partial charge < -0.3 is 10.6 Å². The molecular weight excluding hydrogens is 345 g/mol. The minimum atomic E-state index is -4.51. The summed E-state index contributed by atoms with van der Waals surface area (Å²) in [6.07, 6.45) is -2.11. The fourth-order valence-electron chi connectivity index (χ4n) is 2.34. The molecule has 0 aliphatic heterocycles. The van der Waals surface area contributed by atoms with Crippen LogP contribution in [-0.4, -0.2) is 18.4 Å². The van der Waals surface area contributed by atoms with Crippen molar-refractivity contribution in [3.8, 4) is 0 Å². The molecule has 2 N–H and O–H groups in total. The summed E-state index contributed by atoms with van der Waals surface area (Å²) < 4.78 is 37.9. The molecule has 0 atom stereocenters. The number of amides is 2. The van der Waals surface area contributed by atoms with Gasteiger partial charge in [-0.05, 0) is 43.0 Å². The van der Waals surface area contributed by atoms with Crippen molar-refractivity contribution in [3.05, 3.63) is 65.7 Å². The van der Waals surface area contributed by atoms with E-state index in [0.717, 1.165) is 25.0 Å². The molecule has 0 fully saturated rings. The molecule has 2 amide bonds. The van der Waals surface area contributed by atoms with Gasteiger partial charge in [0.25, 0.3) is 0 Å². The number of carbonyl (C=O) groups is 2. The van der Waals surface area contributed by atoms with Gasteiger partial charge in [0, 0.05) is 12.2 Å². The minimum absolute atomic E-state index is 0.0796. The maximum atomic E-state index is 12.6. The van der Waals surface area contributed by atoms with Crippen LogP contribution in [0.15, 0.2) is 54.6 Å². The van der Waals surface area contributed by atoms with Gasteiger partial charge in [0.05, 0.1) is 5.56 Å². The summed E-state index contributed by atoms with van der Waals surface area (Å²) in [6.45, 7) is 0.321. The third kappa shape index (κ3) is 6.23. The molecule has 0 unspecified atom stereocenters. The van der Waals surface area contributed by atoms with Crippen molar-refractivity contribution in [2.75, 3.05) is 11.9 Å². The summed E-state index contributed by atoms with van der Waals surface area (Å²) in [5.41, 5.74) is 0.224. The molecule has 0 aromatic heterocycles. The Bertz CT molecular complexity index is 746. The van der Waals surface area contributed by atoms with E-state index < -0.39 is 23.6 Å². The highest BCUT2D eigenvalue weighted by Gasteiger charge is 2.30. The van der Waals surface area contributed by atoms with Gasteiger partial charge in [-0.15, -0.1) is 0 Å². The van der Waals surface area contributed by atoms with E-state index in [1.54, 1.807) is 0 Å². The molecular formula is C19H19F3N2O2. The third-order valence-corrected chi connectivity index (χ3v) is 3.67. The monoisotopic (exact) mass is 364 g/mol. The van der Waals surface area contributed by atoms with Crippen LogP contribution >= 0.6 is 0 Å². The maximum Gasteiger partial charge on any atom is 0.416 e. The van der Waals surface area contributed by atoms with Crippen LogP contribution in [0.5, 0.6) is 0 Å². The van der Waals surface area contributed by atoms with E-state index in [1.807, 2.05) is 30.3 Å². The standard InChI is InChI=1S/C19H19F3N2O2/c20-19(21,22)15-10-6-11-16(13-15)24-18(26)17(25)23-12-5-4-9-14-7-2-1-3-8-14/h1-3,6-8,10-11,13H,4-5,9,12H2,(H,23,25)(H,24,26). The summed E-state index contributed by atoms with van der Waals surface area (Å²) in [5.74, 6) is -1.87. The number of alkyl halides is 3. The lowest BCUT2D eigenvalue weighted by Gasteiger charge is -2.10. The minimum Gasteiger partial charge on any atom is -0.348 e. The van der Waals surface area contributed by atoms with Crippen molar-refractivity contribution in [1.29, 1.82) is 0 Å². The van der Waals surface area contributed by atoms with E-state index >= 15 is 0 Å². The predicted octanol–water partition coefficient (Wildman–Crippen LogP) is 3.78. The summed E-state index contributed by atoms with van der Waals surface area (Å²) in [6, 6.07) is 14.0. The normalized spacial score (nSPS) is 11.0. The molecule has 0 radical (unpaired) electrons. The van der Waals surface area contributed by atoms with Crippen molar-refractivity contribution < 1.29 is 22.8 Å². The Hall–Kier alpha value is -2.83. The highest BCUT2D eigenvalue weighted by atomic mass is 19.4. The van der Waals surface area contributed by atoms with Gasteiger partial charge in [0.15, 0.2) is 0 Å². The summed E-state index contributed by atoms with van der Waals surface area (Å²) in [5, 5.41) is 4.63. The molecule has 4 nitrogen and oxygen atoms in total. The number of anilines is 1. The van der Waals surface area contributed by atoms with Crippen LogP contribution in [0, 0.1) is 0 Å². The summed E-state index contributed by atoms with van der Waals surface area (Å²) in [7, 11) is 0. The molecule has 2 aromatic carbocycles. The number of hydrogen-bond donors (Lipinski definition) is 2. The third-order valence-electron chi connectivity index (χ3n) is 3.67. The Balaban J connectivity index is 1.73. The zero-order chi connectivity index (χ0) is 19.0. The van der Waals surface area contributed by atoms with Crippen LogP contribution in [0.4, 0.5) is 18.9 Å². The van der Waals surface area contributed by atoms with Crippen molar-refractivity contribution in [2.45, 2.75) is 25.4 Å². The number of benzene rings is 2. The molecule has 26 heavy (non-hydrogen) atoms. The van der Waals surface area contributed by atoms with E-state index in [0.29, 0.717) is 13.0 Å². The van der Waals surface area contributed by atoms with Gasteiger partial charge >= 0.3 is 18.0 Å². The molecule has 138 valence electrons. The largest absolute Gasteiger partial charge is 0.416 e. The molecule has 0 saturated carbocycles. The maximum absolute atomic E-state index is 12.6. The van der Waals surface area contributed by atoms with E-state index in [-0.39, 0.29) is 5.69 Å². The Kier molecular flexibility index (Phi) is 6.77. The average Bonchev–Trinajstić information content (AvgIpc) is 2.61. The fourth-order valence-corrected chi connectivity index (χ4v) is 2.34. The lowest BCUT2D eigenvalue weighted by molar-refractivity contribution is -0.137. The van der Waals surface area contributed by atoms with E-state index in [9.17, 15) is 22.8 Å². The van der Waals surface area contributed by atoms with Crippen LogP contribution in [0.2, 0.25) is 0 Å². The smallest absolute Gasteiger partial charge is 0.348 e. The average molecular weight is 364 g/mol. The highest BCUT2D eigenvalue weighted by molar-refractivity contribution is 6.39. The van der Waals surface area contributed by atoms with Crippen molar-refractivity contribution >= 4 is 17.5 Å². The van der Waals surface area contributed by atoms with Crippen LogP contribution in [-0.2, 0) is 22.2 Å². The summed E-state index contributed by atoms with van der Waals surface area (Å²) >= 11 is 0. The number of rotatable bonds is 6. The molecule has 0 saturated heterocycles. The SMILES string of the molecule is O=C(NCCCCc1ccccc1)C(=O)Nc1cccc(C(F)(F)F)c1. The lowest BCUT2D eigenvalue weighted by atomic mass is 10.1. The van der Waals surface area contributed by atoms with Gasteiger partial charge in [0.1, 0.15) is 0 Å². The first-order chi connectivity index (χ1) is 12.4. The highest BCUT2D eigenvalue weighted by Crippen LogP contribution is 2.30. The van der Waals surface area contributed by atoms with Crippen molar-refractivity contribution in [1.82, 2.24) is 5.32 Å². The van der Waals surface area contributed by atoms with Crippen LogP contribution < -0.4 is 10.6 Å². The van der Waals surface area contributed by atoms with E-state index in [2.05, 4.69) is 10.6 Å². The van der Waals surface area contributed by atoms with Gasteiger partial charge in [-0.2, -0.15) is 13.2 Å². The van der Waals surface area contributed by atoms with Crippen molar-refractivity contribution in [3.63, 3.8) is 0 Å². The van der Waals surface area contributed by atoms with E-state index in [1.165, 1.54) is 17.7 Å². The Morgan fingerprint density at radius 2 is 1.62 bits per heavy atom. The number of unbranched alkanes of at least 4 members (excludes halogenated alkanes) is 1. The first kappa shape index (κ1) is 19.5. The first-order valence-corrected chi connectivity index (χ1v) is 8.16. The second-order valence-electron chi connectivity index (χ2n) is 5.73. The number of carbonyl (C=O) groups excluding carboxylic acids is 2. The topological polar surface area (TPSA) is 58.2 Å². The van der Waals surface area contributed by atoms with Gasteiger partial charge in [0.2, 0.25) is 0 Å². The predicted molar refractivity (Wildman–Crippen MR) is 92.5 cm³/mol. The second kappa shape index (κ2) is 9.03. The molecule has 0 aliphatic carbocycles. The number of nitrogens with one attached hydrogen (secondary N) is 2. The number of hydrogen-bond acceptors (Lipinski definition) is 2. The lowest BCUT2D eigenvalue weighted by Crippen LogP contribution is -2.36.